The van der Waals surface area contributed by atoms with Crippen LogP contribution in [-0.4, -0.2) is 35.9 Å². The Hall–Kier alpha value is -3.21. The van der Waals surface area contributed by atoms with E-state index in [2.05, 4.69) is 15.6 Å². The molecular formula is C24H22F5N3O3. The number of carbonyl (C=O) groups is 1. The quantitative estimate of drug-likeness (QED) is 0.469. The van der Waals surface area contributed by atoms with E-state index in [1.54, 1.807) is 6.07 Å². The van der Waals surface area contributed by atoms with Crippen molar-refractivity contribution in [2.45, 2.75) is 49.9 Å². The van der Waals surface area contributed by atoms with E-state index < -0.39 is 42.9 Å². The van der Waals surface area contributed by atoms with Crippen molar-refractivity contribution in [3.05, 3.63) is 59.1 Å². The highest BCUT2D eigenvalue weighted by Gasteiger charge is 2.43. The molecule has 1 aromatic carbocycles. The fourth-order valence-corrected chi connectivity index (χ4v) is 4.27. The molecule has 0 bridgehead atoms. The maximum atomic E-state index is 14.3. The average Bonchev–Trinajstić information content (AvgIpc) is 3.58. The van der Waals surface area contributed by atoms with Gasteiger partial charge in [0.1, 0.15) is 23.7 Å². The van der Waals surface area contributed by atoms with E-state index in [0.29, 0.717) is 23.3 Å². The molecule has 35 heavy (non-hydrogen) atoms. The number of hydrogen-bond donors (Lipinski definition) is 2. The summed E-state index contributed by atoms with van der Waals surface area (Å²) in [4.78, 5) is 16.6. The van der Waals surface area contributed by atoms with Gasteiger partial charge in [0.15, 0.2) is 5.69 Å². The summed E-state index contributed by atoms with van der Waals surface area (Å²) in [5.41, 5.74) is -0.640. The first-order valence-corrected chi connectivity index (χ1v) is 11.2. The highest BCUT2D eigenvalue weighted by Crippen LogP contribution is 2.45. The fraction of sp³-hybridized carbons (Fsp3) is 0.417. The van der Waals surface area contributed by atoms with Crippen LogP contribution in [-0.2, 0) is 12.8 Å². The van der Waals surface area contributed by atoms with Gasteiger partial charge in [0, 0.05) is 23.1 Å². The molecule has 186 valence electrons. The molecule has 5 rings (SSSR count). The number of amides is 1. The molecule has 6 nitrogen and oxygen atoms in total. The second kappa shape index (κ2) is 8.78. The SMILES string of the molecule is O=C(NC1CCNCC1(F)F)c1c(C2CC2)oc2ccc(OCc3cccnc3C(F)(F)F)cc12. The van der Waals surface area contributed by atoms with Gasteiger partial charge in [-0.15, -0.1) is 0 Å². The van der Waals surface area contributed by atoms with Crippen LogP contribution in [0.5, 0.6) is 5.75 Å². The Morgan fingerprint density at radius 2 is 2.03 bits per heavy atom. The number of halogens is 5. The Bertz CT molecular complexity index is 1250. The summed E-state index contributed by atoms with van der Waals surface area (Å²) in [6.07, 6.45) is -1.87. The Morgan fingerprint density at radius 3 is 2.74 bits per heavy atom. The maximum Gasteiger partial charge on any atom is 0.433 e. The van der Waals surface area contributed by atoms with E-state index in [4.69, 9.17) is 9.15 Å². The molecular weight excluding hydrogens is 473 g/mol. The van der Waals surface area contributed by atoms with E-state index in [0.717, 1.165) is 19.0 Å². The molecule has 3 heterocycles. The number of aromatic nitrogens is 1. The summed E-state index contributed by atoms with van der Waals surface area (Å²) in [5, 5.41) is 5.45. The highest BCUT2D eigenvalue weighted by atomic mass is 19.4. The topological polar surface area (TPSA) is 76.4 Å². The van der Waals surface area contributed by atoms with Gasteiger partial charge in [0.2, 0.25) is 0 Å². The Labute approximate surface area is 196 Å². The van der Waals surface area contributed by atoms with Crippen LogP contribution in [0, 0.1) is 0 Å². The van der Waals surface area contributed by atoms with Crippen molar-refractivity contribution in [1.29, 1.82) is 0 Å². The molecule has 0 radical (unpaired) electrons. The number of nitrogens with zero attached hydrogens (tertiary/aromatic N) is 1. The third-order valence-corrected chi connectivity index (χ3v) is 6.20. The summed E-state index contributed by atoms with van der Waals surface area (Å²) >= 11 is 0. The number of ether oxygens (including phenoxy) is 1. The zero-order valence-electron chi connectivity index (χ0n) is 18.4. The third kappa shape index (κ3) is 4.82. The fourth-order valence-electron chi connectivity index (χ4n) is 4.27. The minimum Gasteiger partial charge on any atom is -0.489 e. The van der Waals surface area contributed by atoms with Crippen molar-refractivity contribution in [2.75, 3.05) is 13.1 Å². The molecule has 1 aliphatic carbocycles. The number of benzene rings is 1. The van der Waals surface area contributed by atoms with Gasteiger partial charge in [-0.05, 0) is 50.1 Å². The lowest BCUT2D eigenvalue weighted by Crippen LogP contribution is -2.57. The number of carbonyl (C=O) groups excluding carboxylic acids is 1. The molecule has 2 N–H and O–H groups in total. The molecule has 2 aliphatic rings. The zero-order chi connectivity index (χ0) is 24.8. The molecule has 0 spiro atoms. The van der Waals surface area contributed by atoms with Crippen molar-refractivity contribution >= 4 is 16.9 Å². The van der Waals surface area contributed by atoms with Gasteiger partial charge in [-0.25, -0.2) is 8.78 Å². The van der Waals surface area contributed by atoms with Crippen LogP contribution < -0.4 is 15.4 Å². The van der Waals surface area contributed by atoms with Crippen molar-refractivity contribution < 1.29 is 35.9 Å². The third-order valence-electron chi connectivity index (χ3n) is 6.20. The summed E-state index contributed by atoms with van der Waals surface area (Å²) in [6, 6.07) is 5.90. The van der Waals surface area contributed by atoms with Gasteiger partial charge in [0.25, 0.3) is 11.8 Å². The first-order valence-electron chi connectivity index (χ1n) is 11.2. The van der Waals surface area contributed by atoms with Gasteiger partial charge in [-0.1, -0.05) is 6.07 Å². The lowest BCUT2D eigenvalue weighted by atomic mass is 10.0. The van der Waals surface area contributed by atoms with Crippen LogP contribution in [0.2, 0.25) is 0 Å². The van der Waals surface area contributed by atoms with Crippen molar-refractivity contribution in [2.24, 2.45) is 0 Å². The van der Waals surface area contributed by atoms with Crippen LogP contribution in [0.4, 0.5) is 22.0 Å². The van der Waals surface area contributed by atoms with Crippen LogP contribution in [0.15, 0.2) is 40.9 Å². The second-order valence-electron chi connectivity index (χ2n) is 8.82. The van der Waals surface area contributed by atoms with Gasteiger partial charge < -0.3 is 19.8 Å². The Balaban J connectivity index is 1.43. The van der Waals surface area contributed by atoms with Gasteiger partial charge in [-0.2, -0.15) is 13.2 Å². The number of alkyl halides is 5. The largest absolute Gasteiger partial charge is 0.489 e. The monoisotopic (exact) mass is 495 g/mol. The van der Waals surface area contributed by atoms with Gasteiger partial charge in [0.05, 0.1) is 18.2 Å². The highest BCUT2D eigenvalue weighted by molar-refractivity contribution is 6.08. The molecule has 1 unspecified atom stereocenters. The van der Waals surface area contributed by atoms with E-state index in [1.807, 2.05) is 0 Å². The van der Waals surface area contributed by atoms with Crippen LogP contribution in [0.25, 0.3) is 11.0 Å². The number of rotatable bonds is 6. The number of furan rings is 1. The molecule has 3 aromatic rings. The van der Waals surface area contributed by atoms with Crippen LogP contribution in [0.1, 0.15) is 52.6 Å². The standard InChI is InChI=1S/C24H22F5N3O3/c25-23(26)12-30-9-7-18(23)32-22(33)19-16-10-15(5-6-17(16)35-20(19)13-3-4-13)34-11-14-2-1-8-31-21(14)24(27,28)29/h1-2,5-6,8,10,13,18,30H,3-4,7,9,11-12H2,(H,32,33). The zero-order valence-corrected chi connectivity index (χ0v) is 18.4. The van der Waals surface area contributed by atoms with E-state index in [9.17, 15) is 26.7 Å². The van der Waals surface area contributed by atoms with Gasteiger partial charge >= 0.3 is 6.18 Å². The Kier molecular flexibility index (Phi) is 5.90. The van der Waals surface area contributed by atoms with E-state index in [1.165, 1.54) is 24.3 Å². The number of hydrogen-bond acceptors (Lipinski definition) is 5. The molecule has 11 heteroatoms. The Morgan fingerprint density at radius 1 is 1.23 bits per heavy atom. The normalized spacial score (nSPS) is 20.1. The first kappa shape index (κ1) is 23.5. The lowest BCUT2D eigenvalue weighted by Gasteiger charge is -2.32. The number of piperidine rings is 1. The maximum absolute atomic E-state index is 14.3. The molecule has 1 aliphatic heterocycles. The van der Waals surface area contributed by atoms with Crippen molar-refractivity contribution in [3.8, 4) is 5.75 Å². The first-order chi connectivity index (χ1) is 16.6. The molecule has 2 fully saturated rings. The number of pyridine rings is 1. The van der Waals surface area contributed by atoms with E-state index in [-0.39, 0.29) is 29.2 Å². The summed E-state index contributed by atoms with van der Waals surface area (Å²) in [6.45, 7) is -0.565. The molecule has 1 amide bonds. The smallest absolute Gasteiger partial charge is 0.433 e. The second-order valence-corrected chi connectivity index (χ2v) is 8.82. The minimum atomic E-state index is -4.63. The molecule has 1 saturated carbocycles. The molecule has 2 aromatic heterocycles. The van der Waals surface area contributed by atoms with E-state index >= 15 is 0 Å². The average molecular weight is 495 g/mol. The van der Waals surface area contributed by atoms with Crippen LogP contribution >= 0.6 is 0 Å². The van der Waals surface area contributed by atoms with Gasteiger partial charge in [-0.3, -0.25) is 9.78 Å². The summed E-state index contributed by atoms with van der Waals surface area (Å²) < 4.78 is 79.7. The predicted molar refractivity (Wildman–Crippen MR) is 115 cm³/mol. The van der Waals surface area contributed by atoms with Crippen molar-refractivity contribution in [1.82, 2.24) is 15.6 Å². The van der Waals surface area contributed by atoms with Crippen molar-refractivity contribution in [3.63, 3.8) is 0 Å². The molecule has 1 atom stereocenters. The van der Waals surface area contributed by atoms with Crippen LogP contribution in [0.3, 0.4) is 0 Å². The molecule has 1 saturated heterocycles. The minimum absolute atomic E-state index is 0.0192. The number of fused-ring (bicyclic) bond motifs is 1. The lowest BCUT2D eigenvalue weighted by molar-refractivity contribution is -0.142. The summed E-state index contributed by atoms with van der Waals surface area (Å²) in [7, 11) is 0. The predicted octanol–water partition coefficient (Wildman–Crippen LogP) is 5.03. The number of nitrogens with one attached hydrogen (secondary N) is 2. The summed E-state index contributed by atoms with van der Waals surface area (Å²) in [5.74, 6) is -3.11.